The van der Waals surface area contributed by atoms with E-state index in [1.807, 2.05) is 29.1 Å². The van der Waals surface area contributed by atoms with Crippen molar-refractivity contribution in [1.29, 1.82) is 0 Å². The molecular formula is C14H19N3O2. The highest BCUT2D eigenvalue weighted by Gasteiger charge is 2.19. The minimum atomic E-state index is -0.158. The Hall–Kier alpha value is -1.59. The largest absolute Gasteiger partial charge is 0.497 e. The number of rotatable bonds is 4. The Bertz CT molecular complexity index is 567. The fourth-order valence-corrected chi connectivity index (χ4v) is 2.61. The van der Waals surface area contributed by atoms with Crippen LogP contribution in [-0.2, 0) is 6.54 Å². The minimum Gasteiger partial charge on any atom is -0.497 e. The highest BCUT2D eigenvalue weighted by molar-refractivity contribution is 5.80. The predicted octanol–water partition coefficient (Wildman–Crippen LogP) is 1.11. The summed E-state index contributed by atoms with van der Waals surface area (Å²) < 4.78 is 7.26. The van der Waals surface area contributed by atoms with Crippen molar-refractivity contribution in [2.24, 2.45) is 0 Å². The zero-order chi connectivity index (χ0) is 13.2. The number of methoxy groups -OCH3 is 1. The lowest BCUT2D eigenvalue weighted by molar-refractivity contribution is 0.175. The molecule has 1 aliphatic rings. The van der Waals surface area contributed by atoms with E-state index < -0.39 is 0 Å². The van der Waals surface area contributed by atoms with E-state index in [0.717, 1.165) is 49.3 Å². The van der Waals surface area contributed by atoms with Gasteiger partial charge in [-0.3, -0.25) is 9.58 Å². The first-order chi connectivity index (χ1) is 9.26. The minimum absolute atomic E-state index is 0.158. The molecule has 5 heteroatoms. The molecule has 1 atom stereocenters. The van der Waals surface area contributed by atoms with E-state index in [4.69, 9.17) is 4.74 Å². The maximum absolute atomic E-state index is 9.52. The zero-order valence-electron chi connectivity index (χ0n) is 11.1. The first-order valence-electron chi connectivity index (χ1n) is 6.66. The van der Waals surface area contributed by atoms with Crippen LogP contribution in [0.2, 0.25) is 0 Å². The summed E-state index contributed by atoms with van der Waals surface area (Å²) in [6, 6.07) is 5.99. The highest BCUT2D eigenvalue weighted by atomic mass is 16.5. The van der Waals surface area contributed by atoms with Crippen molar-refractivity contribution >= 4 is 10.9 Å². The quantitative estimate of drug-likeness (QED) is 0.896. The second kappa shape index (κ2) is 5.19. The van der Waals surface area contributed by atoms with Crippen LogP contribution in [0.15, 0.2) is 24.4 Å². The van der Waals surface area contributed by atoms with Crippen LogP contribution < -0.4 is 4.74 Å². The van der Waals surface area contributed by atoms with Crippen molar-refractivity contribution in [3.63, 3.8) is 0 Å². The van der Waals surface area contributed by atoms with Crippen molar-refractivity contribution < 1.29 is 9.84 Å². The number of ether oxygens (including phenoxy) is 1. The number of fused-ring (bicyclic) bond motifs is 1. The maximum atomic E-state index is 9.52. The first kappa shape index (κ1) is 12.4. The van der Waals surface area contributed by atoms with E-state index in [-0.39, 0.29) is 6.10 Å². The molecule has 2 heterocycles. The monoisotopic (exact) mass is 261 g/mol. The smallest absolute Gasteiger partial charge is 0.121 e. The summed E-state index contributed by atoms with van der Waals surface area (Å²) in [4.78, 5) is 2.28. The number of aliphatic hydroxyl groups excluding tert-OH is 1. The van der Waals surface area contributed by atoms with Gasteiger partial charge < -0.3 is 9.84 Å². The first-order valence-corrected chi connectivity index (χ1v) is 6.66. The number of hydrogen-bond acceptors (Lipinski definition) is 4. The molecule has 0 aliphatic carbocycles. The van der Waals surface area contributed by atoms with E-state index in [0.29, 0.717) is 0 Å². The molecule has 0 unspecified atom stereocenters. The third-order valence-electron chi connectivity index (χ3n) is 3.73. The van der Waals surface area contributed by atoms with E-state index in [1.165, 1.54) is 0 Å². The van der Waals surface area contributed by atoms with Crippen LogP contribution in [0.25, 0.3) is 10.9 Å². The number of benzene rings is 1. The van der Waals surface area contributed by atoms with Gasteiger partial charge in [0.2, 0.25) is 0 Å². The molecule has 3 rings (SSSR count). The van der Waals surface area contributed by atoms with Crippen molar-refractivity contribution in [3.05, 3.63) is 24.4 Å². The number of β-amino-alcohol motifs (C(OH)–C–C–N with tert-alkyl or cyclic N) is 1. The molecule has 0 radical (unpaired) electrons. The standard InChI is InChI=1S/C14H19N3O2/c1-19-13-3-2-11-9-15-17(14(11)8-13)7-6-16-5-4-12(18)10-16/h2-3,8-9,12,18H,4-7,10H2,1H3/t12-/m1/s1. The van der Waals surface area contributed by atoms with Gasteiger partial charge in [0.25, 0.3) is 0 Å². The Morgan fingerprint density at radius 1 is 1.42 bits per heavy atom. The fourth-order valence-electron chi connectivity index (χ4n) is 2.61. The normalized spacial score (nSPS) is 20.2. The Morgan fingerprint density at radius 2 is 2.32 bits per heavy atom. The number of likely N-dealkylation sites (tertiary alicyclic amines) is 1. The van der Waals surface area contributed by atoms with Gasteiger partial charge >= 0.3 is 0 Å². The Kier molecular flexibility index (Phi) is 3.40. The van der Waals surface area contributed by atoms with Gasteiger partial charge in [0.15, 0.2) is 0 Å². The molecule has 2 aromatic rings. The maximum Gasteiger partial charge on any atom is 0.121 e. The average Bonchev–Trinajstić information content (AvgIpc) is 3.02. The number of hydrogen-bond donors (Lipinski definition) is 1. The SMILES string of the molecule is COc1ccc2cnn(CCN3CC[C@@H](O)C3)c2c1. The van der Waals surface area contributed by atoms with Crippen molar-refractivity contribution in [1.82, 2.24) is 14.7 Å². The summed E-state index contributed by atoms with van der Waals surface area (Å²) in [6.45, 7) is 3.51. The molecule has 1 N–H and O–H groups in total. The highest BCUT2D eigenvalue weighted by Crippen LogP contribution is 2.20. The summed E-state index contributed by atoms with van der Waals surface area (Å²) in [5, 5.41) is 15.1. The summed E-state index contributed by atoms with van der Waals surface area (Å²) in [5.41, 5.74) is 1.10. The molecule has 102 valence electrons. The van der Waals surface area contributed by atoms with E-state index in [2.05, 4.69) is 10.00 Å². The van der Waals surface area contributed by atoms with Crippen LogP contribution in [-0.4, -0.2) is 52.6 Å². The van der Waals surface area contributed by atoms with Gasteiger partial charge in [0, 0.05) is 31.1 Å². The van der Waals surface area contributed by atoms with Gasteiger partial charge in [-0.2, -0.15) is 5.10 Å². The molecule has 0 bridgehead atoms. The van der Waals surface area contributed by atoms with Crippen LogP contribution in [0.1, 0.15) is 6.42 Å². The van der Waals surface area contributed by atoms with Crippen LogP contribution in [0.3, 0.4) is 0 Å². The molecule has 1 aromatic carbocycles. The van der Waals surface area contributed by atoms with E-state index in [9.17, 15) is 5.11 Å². The average molecular weight is 261 g/mol. The molecule has 0 spiro atoms. The molecule has 1 saturated heterocycles. The van der Waals surface area contributed by atoms with Crippen LogP contribution >= 0.6 is 0 Å². The number of aliphatic hydroxyl groups is 1. The Balaban J connectivity index is 1.73. The second-order valence-electron chi connectivity index (χ2n) is 5.04. The molecule has 1 fully saturated rings. The fraction of sp³-hybridized carbons (Fsp3) is 0.500. The lowest BCUT2D eigenvalue weighted by Crippen LogP contribution is -2.26. The Morgan fingerprint density at radius 3 is 3.05 bits per heavy atom. The van der Waals surface area contributed by atoms with Gasteiger partial charge in [0.05, 0.1) is 31.5 Å². The topological polar surface area (TPSA) is 50.5 Å². The Labute approximate surface area is 112 Å². The lowest BCUT2D eigenvalue weighted by atomic mass is 10.2. The number of aromatic nitrogens is 2. The zero-order valence-corrected chi connectivity index (χ0v) is 11.1. The van der Waals surface area contributed by atoms with Gasteiger partial charge in [-0.1, -0.05) is 0 Å². The van der Waals surface area contributed by atoms with Crippen LogP contribution in [0.4, 0.5) is 0 Å². The van der Waals surface area contributed by atoms with Gasteiger partial charge in [-0.15, -0.1) is 0 Å². The molecular weight excluding hydrogens is 242 g/mol. The van der Waals surface area contributed by atoms with Crippen LogP contribution in [0.5, 0.6) is 5.75 Å². The summed E-state index contributed by atoms with van der Waals surface area (Å²) >= 11 is 0. The molecule has 1 aromatic heterocycles. The molecule has 0 amide bonds. The third kappa shape index (κ3) is 2.57. The van der Waals surface area contributed by atoms with Gasteiger partial charge in [0.1, 0.15) is 5.75 Å². The van der Waals surface area contributed by atoms with Crippen molar-refractivity contribution in [2.75, 3.05) is 26.7 Å². The summed E-state index contributed by atoms with van der Waals surface area (Å²) in [5.74, 6) is 0.853. The molecule has 0 saturated carbocycles. The predicted molar refractivity (Wildman–Crippen MR) is 73.3 cm³/mol. The van der Waals surface area contributed by atoms with E-state index in [1.54, 1.807) is 7.11 Å². The summed E-state index contributed by atoms with van der Waals surface area (Å²) in [6.07, 6.45) is 2.61. The lowest BCUT2D eigenvalue weighted by Gasteiger charge is -2.15. The van der Waals surface area contributed by atoms with Crippen LogP contribution in [0, 0.1) is 0 Å². The number of nitrogens with zero attached hydrogens (tertiary/aromatic N) is 3. The third-order valence-corrected chi connectivity index (χ3v) is 3.73. The van der Waals surface area contributed by atoms with Gasteiger partial charge in [-0.25, -0.2) is 0 Å². The van der Waals surface area contributed by atoms with Gasteiger partial charge in [-0.05, 0) is 18.6 Å². The summed E-state index contributed by atoms with van der Waals surface area (Å²) in [7, 11) is 1.67. The van der Waals surface area contributed by atoms with E-state index >= 15 is 0 Å². The molecule has 1 aliphatic heterocycles. The molecule has 5 nitrogen and oxygen atoms in total. The second-order valence-corrected chi connectivity index (χ2v) is 5.04. The molecule has 19 heavy (non-hydrogen) atoms. The van der Waals surface area contributed by atoms with Crippen molar-refractivity contribution in [3.8, 4) is 5.75 Å². The van der Waals surface area contributed by atoms with Crippen molar-refractivity contribution in [2.45, 2.75) is 19.1 Å².